The Morgan fingerprint density at radius 1 is 1.03 bits per heavy atom. The average molecular weight is 456 g/mol. The second-order valence-corrected chi connectivity index (χ2v) is 9.65. The van der Waals surface area contributed by atoms with E-state index in [1.54, 1.807) is 6.20 Å². The van der Waals surface area contributed by atoms with Crippen LogP contribution in [0.15, 0.2) is 79.1 Å². The fourth-order valence-electron chi connectivity index (χ4n) is 5.76. The van der Waals surface area contributed by atoms with E-state index in [2.05, 4.69) is 57.2 Å². The molecule has 2 aromatic carbocycles. The first kappa shape index (κ1) is 22.6. The van der Waals surface area contributed by atoms with Gasteiger partial charge < -0.3 is 9.64 Å². The lowest BCUT2D eigenvalue weighted by Crippen LogP contribution is -2.53. The number of para-hydroxylation sites is 1. The maximum Gasteiger partial charge on any atom is 0.222 e. The molecular weight excluding hydrogens is 422 g/mol. The number of aromatic nitrogens is 1. The molecule has 0 bridgehead atoms. The van der Waals surface area contributed by atoms with Gasteiger partial charge in [0.25, 0.3) is 0 Å². The van der Waals surface area contributed by atoms with Crippen LogP contribution in [-0.2, 0) is 17.9 Å². The molecule has 1 amide bonds. The minimum absolute atomic E-state index is 0.166. The quantitative estimate of drug-likeness (QED) is 0.523. The summed E-state index contributed by atoms with van der Waals surface area (Å²) in [4.78, 5) is 21.8. The van der Waals surface area contributed by atoms with Crippen LogP contribution in [0.25, 0.3) is 0 Å². The number of likely N-dealkylation sites (N-methyl/N-ethyl adjacent to an activating group) is 1. The molecule has 5 nitrogen and oxygen atoms in total. The molecule has 0 N–H and O–H groups in total. The van der Waals surface area contributed by atoms with E-state index >= 15 is 0 Å². The second-order valence-electron chi connectivity index (χ2n) is 9.65. The molecule has 0 unspecified atom stereocenters. The van der Waals surface area contributed by atoms with Crippen LogP contribution < -0.4 is 4.74 Å². The SMILES string of the molecule is CN1C(=O)CCCC[C@]12CN(Cc1ccccc1OCc1cccnc1)C[C@H]2c1ccccc1. The summed E-state index contributed by atoms with van der Waals surface area (Å²) in [7, 11) is 2.03. The molecule has 3 aromatic rings. The lowest BCUT2D eigenvalue weighted by Gasteiger charge is -2.42. The summed E-state index contributed by atoms with van der Waals surface area (Å²) < 4.78 is 6.21. The molecule has 5 heteroatoms. The Kier molecular flexibility index (Phi) is 6.63. The van der Waals surface area contributed by atoms with Gasteiger partial charge in [-0.2, -0.15) is 0 Å². The number of hydrogen-bond acceptors (Lipinski definition) is 4. The maximum absolute atomic E-state index is 13.0. The highest BCUT2D eigenvalue weighted by Crippen LogP contribution is 2.45. The predicted molar refractivity (Wildman–Crippen MR) is 133 cm³/mol. The summed E-state index contributed by atoms with van der Waals surface area (Å²) in [6, 6.07) is 23.0. The van der Waals surface area contributed by atoms with Crippen LogP contribution in [0.2, 0.25) is 0 Å². The first-order chi connectivity index (χ1) is 16.7. The zero-order valence-electron chi connectivity index (χ0n) is 19.9. The van der Waals surface area contributed by atoms with Crippen molar-refractivity contribution in [1.82, 2.24) is 14.8 Å². The number of rotatable bonds is 6. The Hall–Kier alpha value is -3.18. The minimum Gasteiger partial charge on any atom is -0.489 e. The van der Waals surface area contributed by atoms with Gasteiger partial charge in [-0.15, -0.1) is 0 Å². The van der Waals surface area contributed by atoms with Crippen molar-refractivity contribution in [3.05, 3.63) is 95.8 Å². The molecule has 2 aliphatic heterocycles. The average Bonchev–Trinajstić information content (AvgIpc) is 3.19. The van der Waals surface area contributed by atoms with Crippen LogP contribution >= 0.6 is 0 Å². The molecule has 2 fully saturated rings. The molecule has 2 atom stereocenters. The fourth-order valence-corrected chi connectivity index (χ4v) is 5.76. The molecular formula is C29H33N3O2. The van der Waals surface area contributed by atoms with Crippen LogP contribution in [0, 0.1) is 0 Å². The van der Waals surface area contributed by atoms with E-state index in [1.165, 1.54) is 11.1 Å². The number of nitrogens with zero attached hydrogens (tertiary/aromatic N) is 3. The third-order valence-corrected chi connectivity index (χ3v) is 7.56. The molecule has 1 spiro atoms. The van der Waals surface area contributed by atoms with Crippen LogP contribution in [0.4, 0.5) is 0 Å². The summed E-state index contributed by atoms with van der Waals surface area (Å²) in [6.45, 7) is 3.11. The van der Waals surface area contributed by atoms with Gasteiger partial charge in [0.05, 0.1) is 5.54 Å². The number of ether oxygens (including phenoxy) is 1. The normalized spacial score (nSPS) is 23.3. The van der Waals surface area contributed by atoms with Gasteiger partial charge >= 0.3 is 0 Å². The Morgan fingerprint density at radius 3 is 2.68 bits per heavy atom. The zero-order valence-corrected chi connectivity index (χ0v) is 19.9. The lowest BCUT2D eigenvalue weighted by atomic mass is 9.78. The van der Waals surface area contributed by atoms with E-state index in [0.29, 0.717) is 18.9 Å². The van der Waals surface area contributed by atoms with Crippen molar-refractivity contribution in [2.24, 2.45) is 0 Å². The van der Waals surface area contributed by atoms with Crippen LogP contribution in [0.3, 0.4) is 0 Å². The Morgan fingerprint density at radius 2 is 1.85 bits per heavy atom. The van der Waals surface area contributed by atoms with E-state index in [1.807, 2.05) is 37.5 Å². The van der Waals surface area contributed by atoms with Gasteiger partial charge in [-0.1, -0.05) is 61.0 Å². The molecule has 0 radical (unpaired) electrons. The molecule has 2 aliphatic rings. The van der Waals surface area contributed by atoms with Crippen LogP contribution in [0.5, 0.6) is 5.75 Å². The monoisotopic (exact) mass is 455 g/mol. The standard InChI is InChI=1S/C29H33N3O2/c1-31-28(33)15-7-8-16-29(31)22-32(20-26(29)24-11-3-2-4-12-24)19-25-13-5-6-14-27(25)34-21-23-10-9-17-30-18-23/h2-6,9-14,17-18,26H,7-8,15-16,19-22H2,1H3/t26-,29+/m0/s1. The number of carbonyl (C=O) groups is 1. The Balaban J connectivity index is 1.39. The number of carbonyl (C=O) groups excluding carboxylic acids is 1. The maximum atomic E-state index is 13.0. The molecule has 0 saturated carbocycles. The molecule has 176 valence electrons. The van der Waals surface area contributed by atoms with Crippen molar-refractivity contribution in [3.63, 3.8) is 0 Å². The number of amides is 1. The molecule has 2 saturated heterocycles. The molecule has 3 heterocycles. The Labute approximate surface area is 202 Å². The number of likely N-dealkylation sites (tertiary alicyclic amines) is 2. The van der Waals surface area contributed by atoms with Gasteiger partial charge in [-0.3, -0.25) is 14.7 Å². The van der Waals surface area contributed by atoms with Gasteiger partial charge in [0, 0.05) is 62.5 Å². The highest BCUT2D eigenvalue weighted by Gasteiger charge is 2.51. The van der Waals surface area contributed by atoms with Gasteiger partial charge in [0.15, 0.2) is 0 Å². The topological polar surface area (TPSA) is 45.7 Å². The van der Waals surface area contributed by atoms with E-state index < -0.39 is 0 Å². The van der Waals surface area contributed by atoms with Crippen LogP contribution in [-0.4, -0.2) is 46.4 Å². The summed E-state index contributed by atoms with van der Waals surface area (Å²) >= 11 is 0. The zero-order chi connectivity index (χ0) is 23.4. The highest BCUT2D eigenvalue weighted by molar-refractivity contribution is 5.77. The summed E-state index contributed by atoms with van der Waals surface area (Å²) in [5, 5.41) is 0. The second kappa shape index (κ2) is 9.98. The highest BCUT2D eigenvalue weighted by atomic mass is 16.5. The van der Waals surface area contributed by atoms with Crippen molar-refractivity contribution in [3.8, 4) is 5.75 Å². The third kappa shape index (κ3) is 4.58. The predicted octanol–water partition coefficient (Wildman–Crippen LogP) is 5.03. The smallest absolute Gasteiger partial charge is 0.222 e. The largest absolute Gasteiger partial charge is 0.489 e. The Bertz CT molecular complexity index is 1100. The van der Waals surface area contributed by atoms with E-state index in [0.717, 1.165) is 50.2 Å². The summed E-state index contributed by atoms with van der Waals surface area (Å²) in [5.41, 5.74) is 3.39. The summed E-state index contributed by atoms with van der Waals surface area (Å²) in [5.74, 6) is 1.48. The summed E-state index contributed by atoms with van der Waals surface area (Å²) in [6.07, 6.45) is 7.40. The first-order valence-electron chi connectivity index (χ1n) is 12.3. The number of benzene rings is 2. The van der Waals surface area contributed by atoms with Gasteiger partial charge in [-0.25, -0.2) is 0 Å². The number of hydrogen-bond donors (Lipinski definition) is 0. The first-order valence-corrected chi connectivity index (χ1v) is 12.3. The van der Waals surface area contributed by atoms with Crippen molar-refractivity contribution in [1.29, 1.82) is 0 Å². The molecule has 1 aromatic heterocycles. The lowest BCUT2D eigenvalue weighted by molar-refractivity contribution is -0.135. The van der Waals surface area contributed by atoms with Crippen molar-refractivity contribution in [2.45, 2.75) is 50.3 Å². The minimum atomic E-state index is -0.166. The van der Waals surface area contributed by atoms with Gasteiger partial charge in [0.1, 0.15) is 12.4 Å². The van der Waals surface area contributed by atoms with Crippen molar-refractivity contribution >= 4 is 5.91 Å². The van der Waals surface area contributed by atoms with E-state index in [-0.39, 0.29) is 11.4 Å². The van der Waals surface area contributed by atoms with E-state index in [9.17, 15) is 4.79 Å². The molecule has 5 rings (SSSR count). The molecule has 0 aliphatic carbocycles. The number of pyridine rings is 1. The fraction of sp³-hybridized carbons (Fsp3) is 0.379. The van der Waals surface area contributed by atoms with Gasteiger partial charge in [0.2, 0.25) is 5.91 Å². The van der Waals surface area contributed by atoms with Crippen molar-refractivity contribution in [2.75, 3.05) is 20.1 Å². The van der Waals surface area contributed by atoms with Crippen molar-refractivity contribution < 1.29 is 9.53 Å². The third-order valence-electron chi connectivity index (χ3n) is 7.56. The van der Waals surface area contributed by atoms with E-state index in [4.69, 9.17) is 4.74 Å². The van der Waals surface area contributed by atoms with Gasteiger partial charge in [-0.05, 0) is 30.5 Å². The van der Waals surface area contributed by atoms with Crippen LogP contribution in [0.1, 0.15) is 48.3 Å². The molecule has 34 heavy (non-hydrogen) atoms.